The monoisotopic (exact) mass is 908 g/mol. The first-order valence-electron chi connectivity index (χ1n) is 27.8. The largest absolute Gasteiger partial charge is 0.456 e. The Labute approximate surface area is 422 Å². The van der Waals surface area contributed by atoms with E-state index < -0.39 is 24.2 Å². The Morgan fingerprint density at radius 3 is 1.35 bits per heavy atom. The Morgan fingerprint density at radius 1 is 0.254 bits per heavy atom. The number of hydrogen-bond donors (Lipinski definition) is 0. The third-order valence-corrected chi connectivity index (χ3v) is 14.1. The van der Waals surface area contributed by atoms with Gasteiger partial charge in [-0.2, -0.15) is 0 Å². The molecule has 0 N–H and O–H groups in total. The average molecular weight is 909 g/mol. The fraction of sp³-hybridized carbons (Fsp3) is 0. The van der Waals surface area contributed by atoms with Crippen LogP contribution in [0.25, 0.3) is 142 Å². The molecule has 0 aliphatic heterocycles. The average Bonchev–Trinajstić information content (AvgIpc) is 3.81. The summed E-state index contributed by atoms with van der Waals surface area (Å²) < 4.78 is 77.6. The van der Waals surface area contributed by atoms with Crippen molar-refractivity contribution < 1.29 is 15.4 Å². The van der Waals surface area contributed by atoms with Crippen LogP contribution < -0.4 is 0 Å². The Hall–Kier alpha value is -9.30. The van der Waals surface area contributed by atoms with E-state index in [9.17, 15) is 2.74 Å². The van der Waals surface area contributed by atoms with E-state index in [4.69, 9.17) is 12.6 Å². The van der Waals surface area contributed by atoms with Gasteiger partial charge in [-0.25, -0.2) is 0 Å². The van der Waals surface area contributed by atoms with Gasteiger partial charge in [0.1, 0.15) is 11.2 Å². The van der Waals surface area contributed by atoms with Crippen molar-refractivity contribution in [3.63, 3.8) is 0 Å². The molecule has 0 atom stereocenters. The van der Waals surface area contributed by atoms with Crippen molar-refractivity contribution in [2.75, 3.05) is 0 Å². The molecule has 0 unspecified atom stereocenters. The van der Waals surface area contributed by atoms with E-state index >= 15 is 0 Å². The van der Waals surface area contributed by atoms with Gasteiger partial charge in [0.05, 0.1) is 11.0 Å². The Kier molecular flexibility index (Phi) is 7.83. The van der Waals surface area contributed by atoms with Gasteiger partial charge in [-0.1, -0.05) is 242 Å². The van der Waals surface area contributed by atoms with E-state index in [1.165, 1.54) is 65.3 Å². The highest BCUT2D eigenvalue weighted by Crippen LogP contribution is 2.48. The first-order valence-corrected chi connectivity index (χ1v) is 23.8. The van der Waals surface area contributed by atoms with Gasteiger partial charge in [0.15, 0.2) is 0 Å². The lowest BCUT2D eigenvalue weighted by Gasteiger charge is -2.19. The third kappa shape index (κ3) is 6.70. The van der Waals surface area contributed by atoms with Crippen molar-refractivity contribution in [1.82, 2.24) is 0 Å². The van der Waals surface area contributed by atoms with Crippen molar-refractivity contribution in [2.24, 2.45) is 0 Å². The quantitative estimate of drug-likeness (QED) is 0.160. The van der Waals surface area contributed by atoms with Crippen molar-refractivity contribution in [3.8, 4) is 44.5 Å². The van der Waals surface area contributed by atoms with Crippen molar-refractivity contribution in [2.45, 2.75) is 0 Å². The SMILES string of the molecule is [2H]c1c([2H])c([2H])c2c(-c3cccc4oc5cc6ccccc6cc5c34)c3c([2H])c([2H])c([2H])c([2H])c3c(-c3ccccc3)c2c1[2H].c1ccc2cc(-c3c4ccccc4c(-c4cccc5ccccc45)c4ccccc34)ccc2c1. The maximum atomic E-state index is 9.21. The molecule has 1 aromatic heterocycles. The van der Waals surface area contributed by atoms with Crippen LogP contribution >= 0.6 is 0 Å². The molecular formula is C70H44O. The first-order chi connectivity index (χ1) is 38.6. The van der Waals surface area contributed by atoms with E-state index in [1.807, 2.05) is 54.6 Å². The zero-order valence-electron chi connectivity index (χ0n) is 46.2. The molecule has 71 heavy (non-hydrogen) atoms. The molecule has 0 aliphatic rings. The molecule has 1 heteroatoms. The number of hydrogen-bond acceptors (Lipinski definition) is 1. The number of furan rings is 1. The zero-order valence-corrected chi connectivity index (χ0v) is 38.2. The highest BCUT2D eigenvalue weighted by atomic mass is 16.3. The maximum Gasteiger partial charge on any atom is 0.136 e. The molecule has 15 aromatic rings. The molecule has 0 saturated heterocycles. The zero-order chi connectivity index (χ0) is 53.8. The smallest absolute Gasteiger partial charge is 0.136 e. The highest BCUT2D eigenvalue weighted by Gasteiger charge is 2.21. The topological polar surface area (TPSA) is 13.1 Å². The second-order valence-corrected chi connectivity index (χ2v) is 18.0. The van der Waals surface area contributed by atoms with Crippen molar-refractivity contribution in [3.05, 3.63) is 267 Å². The van der Waals surface area contributed by atoms with E-state index in [-0.39, 0.29) is 45.7 Å². The van der Waals surface area contributed by atoms with Gasteiger partial charge >= 0.3 is 0 Å². The van der Waals surface area contributed by atoms with Crippen molar-refractivity contribution >= 4 is 97.3 Å². The van der Waals surface area contributed by atoms with Gasteiger partial charge in [0.25, 0.3) is 0 Å². The molecule has 0 radical (unpaired) electrons. The summed E-state index contributed by atoms with van der Waals surface area (Å²) in [6.45, 7) is 0. The van der Waals surface area contributed by atoms with Gasteiger partial charge in [0, 0.05) is 10.8 Å². The van der Waals surface area contributed by atoms with Crippen LogP contribution in [0.15, 0.2) is 271 Å². The summed E-state index contributed by atoms with van der Waals surface area (Å²) in [6, 6.07) is 72.0. The van der Waals surface area contributed by atoms with Crippen molar-refractivity contribution in [1.29, 1.82) is 0 Å². The Balaban J connectivity index is 0.000000148. The van der Waals surface area contributed by atoms with Gasteiger partial charge in [-0.05, 0) is 144 Å². The Morgan fingerprint density at radius 2 is 0.704 bits per heavy atom. The predicted octanol–water partition coefficient (Wildman–Crippen LogP) is 20.0. The molecule has 330 valence electrons. The second-order valence-electron chi connectivity index (χ2n) is 18.0. The van der Waals surface area contributed by atoms with Gasteiger partial charge in [-0.15, -0.1) is 0 Å². The van der Waals surface area contributed by atoms with E-state index in [0.29, 0.717) is 38.8 Å². The van der Waals surface area contributed by atoms with E-state index in [0.717, 1.165) is 16.2 Å². The standard InChI is InChI=1S/C36H22O.C34H22/c1-2-11-23(12-3-1)34-26-15-6-8-17-28(26)35(29-18-9-7-16-27(29)34)30-19-10-20-32-36(30)31-21-24-13-4-5-14-25(24)22-33(31)37-32;1-2-12-25-22-26(21-20-23(25)10-1)33-29-15-5-7-17-31(29)34(32-18-8-6-16-30(32)33)28-19-9-13-24-11-3-4-14-27(24)28/h1-22H;1-22H/i6D,7D,8D,9D,15D,16D,17D,18D;. The molecule has 0 fully saturated rings. The number of fused-ring (bicyclic) bond motifs is 10. The lowest BCUT2D eigenvalue weighted by Crippen LogP contribution is -1.91. The molecular weight excluding hydrogens is 857 g/mol. The molecule has 15 rings (SSSR count). The summed E-state index contributed by atoms with van der Waals surface area (Å²) in [4.78, 5) is 0. The minimum Gasteiger partial charge on any atom is -0.456 e. The molecule has 0 spiro atoms. The van der Waals surface area contributed by atoms with Crippen LogP contribution in [-0.4, -0.2) is 0 Å². The molecule has 0 bridgehead atoms. The van der Waals surface area contributed by atoms with Crippen LogP contribution in [0.3, 0.4) is 0 Å². The van der Waals surface area contributed by atoms with Crippen LogP contribution in [0.1, 0.15) is 11.0 Å². The van der Waals surface area contributed by atoms with Gasteiger partial charge < -0.3 is 4.42 Å². The van der Waals surface area contributed by atoms with Crippen LogP contribution in [0.2, 0.25) is 0 Å². The summed E-state index contributed by atoms with van der Waals surface area (Å²) in [5.41, 5.74) is 8.11. The molecule has 0 amide bonds. The number of rotatable bonds is 4. The lowest BCUT2D eigenvalue weighted by atomic mass is 9.84. The van der Waals surface area contributed by atoms with Crippen LogP contribution in [0, 0.1) is 0 Å². The summed E-state index contributed by atoms with van der Waals surface area (Å²) in [5.74, 6) is 0. The fourth-order valence-electron chi connectivity index (χ4n) is 11.0. The molecule has 0 aliphatic carbocycles. The fourth-order valence-corrected chi connectivity index (χ4v) is 11.0. The second kappa shape index (κ2) is 16.7. The first kappa shape index (κ1) is 33.2. The summed E-state index contributed by atoms with van der Waals surface area (Å²) in [6.07, 6.45) is 0. The van der Waals surface area contributed by atoms with E-state index in [1.54, 1.807) is 30.3 Å². The minimum absolute atomic E-state index is 0.181. The molecule has 1 nitrogen and oxygen atoms in total. The summed E-state index contributed by atoms with van der Waals surface area (Å²) in [7, 11) is 0. The minimum atomic E-state index is -0.428. The van der Waals surface area contributed by atoms with Crippen LogP contribution in [0.4, 0.5) is 0 Å². The predicted molar refractivity (Wildman–Crippen MR) is 304 cm³/mol. The molecule has 14 aromatic carbocycles. The van der Waals surface area contributed by atoms with Gasteiger partial charge in [0.2, 0.25) is 0 Å². The normalized spacial score (nSPS) is 13.2. The summed E-state index contributed by atoms with van der Waals surface area (Å²) in [5, 5.41) is 14.5. The van der Waals surface area contributed by atoms with E-state index in [2.05, 4.69) is 133 Å². The Bertz CT molecular complexity index is 4920. The molecule has 0 saturated carbocycles. The van der Waals surface area contributed by atoms with Gasteiger partial charge in [-0.3, -0.25) is 0 Å². The highest BCUT2D eigenvalue weighted by molar-refractivity contribution is 6.27. The number of benzene rings is 14. The maximum absolute atomic E-state index is 9.21. The van der Waals surface area contributed by atoms with Crippen LogP contribution in [-0.2, 0) is 0 Å². The molecule has 1 heterocycles. The third-order valence-electron chi connectivity index (χ3n) is 14.1. The van der Waals surface area contributed by atoms with Crippen LogP contribution in [0.5, 0.6) is 0 Å². The summed E-state index contributed by atoms with van der Waals surface area (Å²) >= 11 is 0. The lowest BCUT2D eigenvalue weighted by molar-refractivity contribution is 0.669.